The van der Waals surface area contributed by atoms with Crippen LogP contribution in [0, 0.1) is 11.8 Å². The van der Waals surface area contributed by atoms with Crippen molar-refractivity contribution in [3.8, 4) is 0 Å². The Labute approximate surface area is 145 Å². The van der Waals surface area contributed by atoms with Crippen LogP contribution in [0.1, 0.15) is 6.42 Å². The summed E-state index contributed by atoms with van der Waals surface area (Å²) in [5.74, 6) is -17.3. The van der Waals surface area contributed by atoms with Crippen LogP contribution < -0.4 is 0 Å². The lowest BCUT2D eigenvalue weighted by Crippen LogP contribution is -2.54. The van der Waals surface area contributed by atoms with Gasteiger partial charge in [-0.25, -0.2) is 0 Å². The van der Waals surface area contributed by atoms with Gasteiger partial charge in [-0.1, -0.05) is 0 Å². The van der Waals surface area contributed by atoms with E-state index in [0.717, 1.165) is 0 Å². The molecule has 2 atom stereocenters. The molecule has 0 radical (unpaired) electrons. The number of likely N-dealkylation sites (tertiary alicyclic amines) is 1. The van der Waals surface area contributed by atoms with Gasteiger partial charge in [-0.2, -0.15) is 65.9 Å². The molecule has 0 aliphatic carbocycles. The topological polar surface area (TPSA) is 3.24 Å². The van der Waals surface area contributed by atoms with E-state index in [9.17, 15) is 65.9 Å². The Kier molecular flexibility index (Phi) is 6.20. The first-order chi connectivity index (χ1) is 12.1. The Balaban J connectivity index is 3.63. The first-order valence-corrected chi connectivity index (χ1v) is 6.90. The number of hydrogen-bond acceptors (Lipinski definition) is 1. The smallest absolute Gasteiger partial charge is 0.366 e. The van der Waals surface area contributed by atoms with Crippen LogP contribution in [0.4, 0.5) is 65.9 Å². The van der Waals surface area contributed by atoms with Crippen molar-refractivity contribution in [1.82, 2.24) is 4.90 Å². The zero-order valence-corrected chi connectivity index (χ0v) is 12.9. The highest BCUT2D eigenvalue weighted by Gasteiger charge is 2.66. The van der Waals surface area contributed by atoms with Crippen molar-refractivity contribution in [2.45, 2.75) is 37.0 Å². The van der Waals surface area contributed by atoms with Gasteiger partial charge in [0.05, 0.1) is 11.8 Å². The minimum Gasteiger partial charge on any atom is -0.366 e. The first kappa shape index (κ1) is 24.5. The minimum absolute atomic E-state index is 1.18. The molecule has 1 rings (SSSR count). The second-order valence-electron chi connectivity index (χ2n) is 5.85. The summed E-state index contributed by atoms with van der Waals surface area (Å²) >= 11 is 0. The lowest BCUT2D eigenvalue weighted by molar-refractivity contribution is -0.278. The Morgan fingerprint density at radius 1 is 0.643 bits per heavy atom. The fourth-order valence-corrected chi connectivity index (χ4v) is 2.50. The molecule has 1 fully saturated rings. The van der Waals surface area contributed by atoms with Crippen LogP contribution in [0.15, 0.2) is 11.5 Å². The molecule has 0 N–H and O–H groups in total. The van der Waals surface area contributed by atoms with E-state index in [0.29, 0.717) is 0 Å². The molecule has 1 heterocycles. The van der Waals surface area contributed by atoms with Crippen LogP contribution in [-0.2, 0) is 0 Å². The van der Waals surface area contributed by atoms with Gasteiger partial charge in [-0.3, -0.25) is 0 Å². The Bertz CT molecular complexity index is 568. The van der Waals surface area contributed by atoms with Gasteiger partial charge >= 0.3 is 30.6 Å². The lowest BCUT2D eigenvalue weighted by atomic mass is 9.87. The summed E-state index contributed by atoms with van der Waals surface area (Å²) in [6.07, 6.45) is -26.5. The van der Waals surface area contributed by atoms with Crippen LogP contribution in [0.2, 0.25) is 0 Å². The predicted octanol–water partition coefficient (Wildman–Crippen LogP) is 5.99. The molecule has 1 aliphatic heterocycles. The highest BCUT2D eigenvalue weighted by atomic mass is 19.4. The van der Waals surface area contributed by atoms with Gasteiger partial charge < -0.3 is 4.90 Å². The predicted molar refractivity (Wildman–Crippen MR) is 60.5 cm³/mol. The van der Waals surface area contributed by atoms with E-state index >= 15 is 0 Å². The summed E-state index contributed by atoms with van der Waals surface area (Å²) in [5, 5.41) is 0. The fourth-order valence-electron chi connectivity index (χ4n) is 2.50. The van der Waals surface area contributed by atoms with Crippen LogP contribution in [0.5, 0.6) is 0 Å². The van der Waals surface area contributed by atoms with E-state index in [1.807, 2.05) is 0 Å². The SMILES string of the molecule is F/C(=C(/N1CC(C(F)(F)F)CC(C(F)(F)F)C1)C(F)(F)C(F)(F)F)C(F)(F)F. The third kappa shape index (κ3) is 5.10. The average Bonchev–Trinajstić information content (AvgIpc) is 2.42. The van der Waals surface area contributed by atoms with Crippen molar-refractivity contribution in [2.75, 3.05) is 13.1 Å². The molecule has 0 saturated carbocycles. The van der Waals surface area contributed by atoms with Crippen molar-refractivity contribution in [3.05, 3.63) is 11.5 Å². The van der Waals surface area contributed by atoms with E-state index < -0.39 is 78.4 Å². The van der Waals surface area contributed by atoms with Gasteiger partial charge in [0.25, 0.3) is 0 Å². The molecule has 16 heteroatoms. The lowest BCUT2D eigenvalue weighted by Gasteiger charge is -2.43. The molecule has 0 spiro atoms. The molecular weight excluding hydrogens is 443 g/mol. The summed E-state index contributed by atoms with van der Waals surface area (Å²) in [7, 11) is 0. The van der Waals surface area contributed by atoms with Crippen LogP contribution in [0.3, 0.4) is 0 Å². The van der Waals surface area contributed by atoms with Gasteiger partial charge in [0.15, 0.2) is 0 Å². The van der Waals surface area contributed by atoms with E-state index in [1.165, 1.54) is 0 Å². The standard InChI is InChI=1S/C12H8F15N/c13-6(11(22,23)24)7(8(14,15)12(25,26)27)28-2-4(9(16,17)18)1-5(3-28)10(19,20)21/h4-5H,1-3H2/b7-6+. The molecule has 166 valence electrons. The molecule has 0 amide bonds. The van der Waals surface area contributed by atoms with Crippen molar-refractivity contribution in [2.24, 2.45) is 11.8 Å². The monoisotopic (exact) mass is 451 g/mol. The summed E-state index contributed by atoms with van der Waals surface area (Å²) in [6.45, 7) is -4.30. The maximum Gasteiger partial charge on any atom is 0.459 e. The highest BCUT2D eigenvalue weighted by molar-refractivity contribution is 5.23. The normalized spacial score (nSPS) is 24.3. The summed E-state index contributed by atoms with van der Waals surface area (Å²) in [6, 6.07) is 0. The molecular formula is C12H8F15N. The van der Waals surface area contributed by atoms with E-state index in [4.69, 9.17) is 0 Å². The molecule has 0 aromatic heterocycles. The zero-order valence-electron chi connectivity index (χ0n) is 12.9. The maximum atomic E-state index is 13.5. The quantitative estimate of drug-likeness (QED) is 0.467. The fraction of sp³-hybridized carbons (Fsp3) is 0.833. The van der Waals surface area contributed by atoms with Crippen molar-refractivity contribution < 1.29 is 65.9 Å². The molecule has 0 bridgehead atoms. The number of halogens is 15. The maximum absolute atomic E-state index is 13.5. The van der Waals surface area contributed by atoms with Crippen LogP contribution in [0.25, 0.3) is 0 Å². The summed E-state index contributed by atoms with van der Waals surface area (Å²) in [4.78, 5) is -1.18. The number of nitrogens with zero attached hydrogens (tertiary/aromatic N) is 1. The minimum atomic E-state index is -6.93. The van der Waals surface area contributed by atoms with Crippen molar-refractivity contribution >= 4 is 0 Å². The van der Waals surface area contributed by atoms with Crippen molar-refractivity contribution in [1.29, 1.82) is 0 Å². The number of alkyl halides is 14. The van der Waals surface area contributed by atoms with Gasteiger partial charge in [0.2, 0.25) is 5.83 Å². The van der Waals surface area contributed by atoms with E-state index in [1.54, 1.807) is 0 Å². The van der Waals surface area contributed by atoms with Gasteiger partial charge in [0, 0.05) is 13.1 Å². The molecule has 28 heavy (non-hydrogen) atoms. The molecule has 2 unspecified atom stereocenters. The average molecular weight is 451 g/mol. The van der Waals surface area contributed by atoms with Gasteiger partial charge in [-0.05, 0) is 6.42 Å². The Morgan fingerprint density at radius 3 is 1.25 bits per heavy atom. The third-order valence-corrected chi connectivity index (χ3v) is 3.80. The first-order valence-electron chi connectivity index (χ1n) is 6.90. The van der Waals surface area contributed by atoms with Gasteiger partial charge in [-0.15, -0.1) is 0 Å². The van der Waals surface area contributed by atoms with Gasteiger partial charge in [0.1, 0.15) is 5.70 Å². The molecule has 1 aliphatic rings. The second kappa shape index (κ2) is 7.07. The summed E-state index contributed by atoms with van der Waals surface area (Å²) in [5.41, 5.74) is -3.64. The Morgan fingerprint density at radius 2 is 1.00 bits per heavy atom. The molecule has 1 saturated heterocycles. The number of allylic oxidation sites excluding steroid dienone is 2. The zero-order chi connectivity index (χ0) is 22.5. The number of rotatable bonds is 2. The number of hydrogen-bond donors (Lipinski definition) is 0. The third-order valence-electron chi connectivity index (χ3n) is 3.80. The molecule has 0 aromatic carbocycles. The summed E-state index contributed by atoms with van der Waals surface area (Å²) < 4.78 is 192. The van der Waals surface area contributed by atoms with Crippen LogP contribution in [-0.4, -0.2) is 48.6 Å². The van der Waals surface area contributed by atoms with E-state index in [2.05, 4.69) is 0 Å². The molecule has 0 aromatic rings. The van der Waals surface area contributed by atoms with E-state index in [-0.39, 0.29) is 0 Å². The largest absolute Gasteiger partial charge is 0.459 e. The van der Waals surface area contributed by atoms with Crippen molar-refractivity contribution in [3.63, 3.8) is 0 Å². The number of piperidine rings is 1. The van der Waals surface area contributed by atoms with Crippen LogP contribution >= 0.6 is 0 Å². The second-order valence-corrected chi connectivity index (χ2v) is 5.85. The highest BCUT2D eigenvalue weighted by Crippen LogP contribution is 2.50. The Hall–Kier alpha value is -1.51. The molecule has 1 nitrogen and oxygen atoms in total.